The van der Waals surface area contributed by atoms with E-state index >= 15 is 0 Å². The van der Waals surface area contributed by atoms with Crippen LogP contribution in [-0.2, 0) is 24.3 Å². The smallest absolute Gasteiger partial charge is 0.236 e. The Morgan fingerprint density at radius 3 is 2.69 bits per heavy atom. The number of carbonyl (C=O) groups is 1. The van der Waals surface area contributed by atoms with Crippen molar-refractivity contribution in [1.82, 2.24) is 9.88 Å². The average molecular weight is 466 g/mol. The Morgan fingerprint density at radius 2 is 1.93 bits per heavy atom. The normalized spacial score (nSPS) is 13.4. The van der Waals surface area contributed by atoms with Crippen molar-refractivity contribution in [2.24, 2.45) is 0 Å². The van der Waals surface area contributed by atoms with Gasteiger partial charge < -0.3 is 5.32 Å². The van der Waals surface area contributed by atoms with Gasteiger partial charge in [-0.1, -0.05) is 41.9 Å². The van der Waals surface area contributed by atoms with E-state index in [0.717, 1.165) is 36.6 Å². The van der Waals surface area contributed by atoms with E-state index in [1.807, 2.05) is 30.3 Å². The van der Waals surface area contributed by atoms with Crippen molar-refractivity contribution in [2.75, 3.05) is 17.6 Å². The summed E-state index contributed by atoms with van der Waals surface area (Å²) < 4.78 is 0. The minimum Gasteiger partial charge on any atom is -0.301 e. The number of hydrogen-bond acceptors (Lipinski definition) is 5. The maximum absolute atomic E-state index is 12.3. The second-order valence-electron chi connectivity index (χ2n) is 6.63. The SMILES string of the molecule is Cl.O=C(CSc1ccc(Cl)cc1)Nc1nc2c(s1)CN(Cc1ccccc1)CC2. The number of thioether (sulfide) groups is 1. The first-order valence-electron chi connectivity index (χ1n) is 9.09. The molecule has 29 heavy (non-hydrogen) atoms. The molecule has 1 N–H and O–H groups in total. The number of amides is 1. The molecule has 0 unspecified atom stereocenters. The second kappa shape index (κ2) is 10.5. The molecule has 0 fully saturated rings. The van der Waals surface area contributed by atoms with Crippen LogP contribution in [0.15, 0.2) is 59.5 Å². The molecule has 1 aliphatic rings. The van der Waals surface area contributed by atoms with Crippen LogP contribution in [0.4, 0.5) is 5.13 Å². The van der Waals surface area contributed by atoms with Crippen LogP contribution in [0.2, 0.25) is 5.02 Å². The van der Waals surface area contributed by atoms with Gasteiger partial charge in [-0.05, 0) is 29.8 Å². The third-order valence-corrected chi connectivity index (χ3v) is 6.75. The monoisotopic (exact) mass is 465 g/mol. The number of hydrogen-bond donors (Lipinski definition) is 1. The summed E-state index contributed by atoms with van der Waals surface area (Å²) in [5.41, 5.74) is 2.44. The van der Waals surface area contributed by atoms with Crippen LogP contribution in [-0.4, -0.2) is 28.1 Å². The third-order valence-electron chi connectivity index (χ3n) is 4.49. The van der Waals surface area contributed by atoms with Crippen molar-refractivity contribution in [1.29, 1.82) is 0 Å². The molecule has 4 rings (SSSR count). The van der Waals surface area contributed by atoms with Crippen molar-refractivity contribution < 1.29 is 4.79 Å². The summed E-state index contributed by atoms with van der Waals surface area (Å²) in [5, 5.41) is 4.35. The van der Waals surface area contributed by atoms with Gasteiger partial charge in [0.15, 0.2) is 5.13 Å². The number of fused-ring (bicyclic) bond motifs is 1. The van der Waals surface area contributed by atoms with E-state index < -0.39 is 0 Å². The molecule has 152 valence electrons. The topological polar surface area (TPSA) is 45.2 Å². The molecule has 0 aliphatic carbocycles. The van der Waals surface area contributed by atoms with Gasteiger partial charge in [-0.15, -0.1) is 35.5 Å². The van der Waals surface area contributed by atoms with Crippen LogP contribution in [0.25, 0.3) is 0 Å². The molecule has 1 aliphatic heterocycles. The van der Waals surface area contributed by atoms with Gasteiger partial charge in [-0.3, -0.25) is 9.69 Å². The summed E-state index contributed by atoms with van der Waals surface area (Å²) in [6, 6.07) is 18.0. The van der Waals surface area contributed by atoms with E-state index in [1.165, 1.54) is 22.2 Å². The molecule has 0 atom stereocenters. The van der Waals surface area contributed by atoms with Crippen molar-refractivity contribution >= 4 is 58.1 Å². The van der Waals surface area contributed by atoms with Gasteiger partial charge >= 0.3 is 0 Å². The molecule has 3 aromatic rings. The van der Waals surface area contributed by atoms with Gasteiger partial charge in [0.2, 0.25) is 5.91 Å². The summed E-state index contributed by atoms with van der Waals surface area (Å²) in [4.78, 5) is 21.6. The zero-order chi connectivity index (χ0) is 19.3. The van der Waals surface area contributed by atoms with E-state index in [0.29, 0.717) is 15.9 Å². The largest absolute Gasteiger partial charge is 0.301 e. The first-order chi connectivity index (χ1) is 13.7. The van der Waals surface area contributed by atoms with Gasteiger partial charge in [0.1, 0.15) is 0 Å². The maximum Gasteiger partial charge on any atom is 0.236 e. The number of benzene rings is 2. The summed E-state index contributed by atoms with van der Waals surface area (Å²) in [5.74, 6) is 0.318. The number of nitrogens with one attached hydrogen (secondary N) is 1. The van der Waals surface area contributed by atoms with Crippen molar-refractivity contribution in [3.63, 3.8) is 0 Å². The fraction of sp³-hybridized carbons (Fsp3) is 0.238. The minimum atomic E-state index is -0.0350. The van der Waals surface area contributed by atoms with E-state index in [4.69, 9.17) is 11.6 Å². The lowest BCUT2D eigenvalue weighted by Crippen LogP contribution is -2.29. The molecule has 0 radical (unpaired) electrons. The number of carbonyl (C=O) groups excluding carboxylic acids is 1. The molecule has 0 spiro atoms. The van der Waals surface area contributed by atoms with Crippen molar-refractivity contribution in [3.05, 3.63) is 75.8 Å². The maximum atomic E-state index is 12.3. The standard InChI is InChI=1S/C21H20ClN3OS2.ClH/c22-16-6-8-17(9-7-16)27-14-20(26)24-21-23-18-10-11-25(13-19(18)28-21)12-15-4-2-1-3-5-15;/h1-9H,10-14H2,(H,23,24,26);1H. The second-order valence-corrected chi connectivity index (χ2v) is 9.19. The summed E-state index contributed by atoms with van der Waals surface area (Å²) in [6.07, 6.45) is 0.925. The first kappa shape index (κ1) is 22.1. The van der Waals surface area contributed by atoms with Gasteiger partial charge in [-0.2, -0.15) is 0 Å². The summed E-state index contributed by atoms with van der Waals surface area (Å²) in [6.45, 7) is 2.82. The molecule has 8 heteroatoms. The van der Waals surface area contributed by atoms with E-state index in [-0.39, 0.29) is 18.3 Å². The van der Waals surface area contributed by atoms with Gasteiger partial charge in [0.05, 0.1) is 11.4 Å². The van der Waals surface area contributed by atoms with Gasteiger partial charge in [0, 0.05) is 40.9 Å². The van der Waals surface area contributed by atoms with Crippen LogP contribution in [0, 0.1) is 0 Å². The summed E-state index contributed by atoms with van der Waals surface area (Å²) in [7, 11) is 0. The Labute approximate surface area is 190 Å². The van der Waals surface area contributed by atoms with Crippen LogP contribution in [0.3, 0.4) is 0 Å². The lowest BCUT2D eigenvalue weighted by atomic mass is 10.1. The Balaban J connectivity index is 0.00000240. The molecule has 1 amide bonds. The highest BCUT2D eigenvalue weighted by Gasteiger charge is 2.21. The predicted molar refractivity (Wildman–Crippen MR) is 124 cm³/mol. The van der Waals surface area contributed by atoms with E-state index in [1.54, 1.807) is 11.3 Å². The fourth-order valence-corrected chi connectivity index (χ4v) is 5.00. The number of nitrogens with zero attached hydrogens (tertiary/aromatic N) is 2. The Bertz CT molecular complexity index is 948. The summed E-state index contributed by atoms with van der Waals surface area (Å²) >= 11 is 8.97. The van der Waals surface area contributed by atoms with Crippen molar-refractivity contribution in [3.8, 4) is 0 Å². The zero-order valence-electron chi connectivity index (χ0n) is 15.6. The average Bonchev–Trinajstić information content (AvgIpc) is 3.10. The molecular weight excluding hydrogens is 445 g/mol. The molecular formula is C21H21Cl2N3OS2. The lowest BCUT2D eigenvalue weighted by molar-refractivity contribution is -0.113. The number of anilines is 1. The molecule has 4 nitrogen and oxygen atoms in total. The van der Waals surface area contributed by atoms with Crippen LogP contribution in [0.5, 0.6) is 0 Å². The number of rotatable bonds is 6. The van der Waals surface area contributed by atoms with Gasteiger partial charge in [-0.25, -0.2) is 4.98 Å². The highest BCUT2D eigenvalue weighted by molar-refractivity contribution is 8.00. The van der Waals surface area contributed by atoms with Crippen molar-refractivity contribution in [2.45, 2.75) is 24.4 Å². The Morgan fingerprint density at radius 1 is 1.17 bits per heavy atom. The third kappa shape index (κ3) is 6.20. The van der Waals surface area contributed by atoms with Crippen LogP contribution in [0.1, 0.15) is 16.1 Å². The highest BCUT2D eigenvalue weighted by Crippen LogP contribution is 2.29. The quantitative estimate of drug-likeness (QED) is 0.487. The molecule has 0 saturated heterocycles. The fourth-order valence-electron chi connectivity index (χ4n) is 3.11. The van der Waals surface area contributed by atoms with Gasteiger partial charge in [0.25, 0.3) is 0 Å². The van der Waals surface area contributed by atoms with Crippen LogP contribution >= 0.6 is 47.1 Å². The van der Waals surface area contributed by atoms with E-state index in [9.17, 15) is 4.79 Å². The Kier molecular flexibility index (Phi) is 7.98. The predicted octanol–water partition coefficient (Wildman–Crippen LogP) is 5.51. The highest BCUT2D eigenvalue weighted by atomic mass is 35.5. The minimum absolute atomic E-state index is 0. The number of aromatic nitrogens is 1. The molecule has 2 aromatic carbocycles. The molecule has 1 aromatic heterocycles. The van der Waals surface area contributed by atoms with Crippen LogP contribution < -0.4 is 5.32 Å². The first-order valence-corrected chi connectivity index (χ1v) is 11.3. The molecule has 2 heterocycles. The van der Waals surface area contributed by atoms with E-state index in [2.05, 4.69) is 39.5 Å². The molecule has 0 saturated carbocycles. The number of thiazole rings is 1. The number of halogens is 2. The lowest BCUT2D eigenvalue weighted by Gasteiger charge is -2.25. The Hall–Kier alpha value is -1.57. The molecule has 0 bridgehead atoms. The zero-order valence-corrected chi connectivity index (χ0v) is 18.8.